The van der Waals surface area contributed by atoms with E-state index in [1.807, 2.05) is 0 Å². The molecule has 3 heterocycles. The fourth-order valence-corrected chi connectivity index (χ4v) is 7.92. The van der Waals surface area contributed by atoms with Gasteiger partial charge in [0, 0.05) is 81.6 Å². The predicted octanol–water partition coefficient (Wildman–Crippen LogP) is 6.23. The Bertz CT molecular complexity index is 1850. The van der Waals surface area contributed by atoms with Crippen molar-refractivity contribution in [2.24, 2.45) is 9.98 Å². The molecular weight excluding hydrogens is 665 g/mol. The van der Waals surface area contributed by atoms with Gasteiger partial charge in [-0.1, -0.05) is 19.6 Å². The number of piperidine rings is 1. The highest BCUT2D eigenvalue weighted by molar-refractivity contribution is 7.92. The van der Waals surface area contributed by atoms with Gasteiger partial charge in [-0.25, -0.2) is 13.4 Å². The molecule has 2 fully saturated rings. The second-order valence-corrected chi connectivity index (χ2v) is 14.8. The smallest absolute Gasteiger partial charge is 0.232 e. The summed E-state index contributed by atoms with van der Waals surface area (Å²) >= 11 is 0. The Kier molecular flexibility index (Phi) is 12.3. The van der Waals surface area contributed by atoms with Gasteiger partial charge >= 0.3 is 0 Å². The fraction of sp³-hybridized carbons (Fsp3) is 0.459. The van der Waals surface area contributed by atoms with E-state index in [4.69, 9.17) is 9.72 Å². The fourth-order valence-electron chi connectivity index (χ4n) is 6.93. The van der Waals surface area contributed by atoms with Gasteiger partial charge < -0.3 is 25.2 Å². The molecule has 0 aliphatic carbocycles. The number of sulfonamides is 1. The van der Waals surface area contributed by atoms with Crippen molar-refractivity contribution in [2.75, 3.05) is 86.1 Å². The largest absolute Gasteiger partial charge is 0.494 e. The number of ether oxygens (including phenoxy) is 1. The zero-order valence-electron chi connectivity index (χ0n) is 30.8. The first kappa shape index (κ1) is 37.7. The Hall–Kier alpha value is -4.53. The summed E-state index contributed by atoms with van der Waals surface area (Å²) in [6, 6.07) is 8.36. The van der Waals surface area contributed by atoms with Gasteiger partial charge in [0.15, 0.2) is 0 Å². The third-order valence-corrected chi connectivity index (χ3v) is 10.9. The van der Waals surface area contributed by atoms with Crippen LogP contribution in [0.1, 0.15) is 44.7 Å². The van der Waals surface area contributed by atoms with Crippen LogP contribution in [0.4, 0.5) is 45.9 Å². The highest BCUT2D eigenvalue weighted by Crippen LogP contribution is 2.45. The van der Waals surface area contributed by atoms with Crippen LogP contribution in [0, 0.1) is 0 Å². The SMILES string of the molecule is C=Cc1cnc(Nc2cc(CC)c(N3CCC(N4CCN(C)CC4)CC3)cc2OC)nc1Nc1ccc(N=C)c(/N=C/C)c1N(CC)S(C)(=O)=O. The second-order valence-electron chi connectivity index (χ2n) is 12.8. The molecule has 0 spiro atoms. The molecule has 2 saturated heterocycles. The second kappa shape index (κ2) is 16.7. The molecule has 2 aliphatic heterocycles. The van der Waals surface area contributed by atoms with Crippen molar-refractivity contribution < 1.29 is 13.2 Å². The van der Waals surface area contributed by atoms with Crippen molar-refractivity contribution in [3.8, 4) is 5.75 Å². The van der Waals surface area contributed by atoms with E-state index >= 15 is 0 Å². The Morgan fingerprint density at radius 1 is 1.08 bits per heavy atom. The molecule has 274 valence electrons. The number of aromatic nitrogens is 2. The highest BCUT2D eigenvalue weighted by Gasteiger charge is 2.29. The van der Waals surface area contributed by atoms with Crippen LogP contribution in [0.2, 0.25) is 0 Å². The van der Waals surface area contributed by atoms with Crippen molar-refractivity contribution >= 4 is 74.9 Å². The van der Waals surface area contributed by atoms with E-state index < -0.39 is 10.0 Å². The van der Waals surface area contributed by atoms with Crippen LogP contribution in [0.3, 0.4) is 0 Å². The number of nitrogens with one attached hydrogen (secondary N) is 2. The van der Waals surface area contributed by atoms with E-state index in [9.17, 15) is 8.42 Å². The number of hydrogen-bond acceptors (Lipinski definition) is 12. The van der Waals surface area contributed by atoms with Crippen LogP contribution >= 0.6 is 0 Å². The first-order valence-corrected chi connectivity index (χ1v) is 19.4. The molecule has 0 amide bonds. The molecule has 2 aromatic carbocycles. The lowest BCUT2D eigenvalue weighted by molar-refractivity contribution is 0.0982. The molecule has 0 radical (unpaired) electrons. The van der Waals surface area contributed by atoms with Gasteiger partial charge in [-0.15, -0.1) is 0 Å². The summed E-state index contributed by atoms with van der Waals surface area (Å²) in [7, 11) is 0.198. The van der Waals surface area contributed by atoms with E-state index in [0.717, 1.165) is 70.5 Å². The average molecular weight is 717 g/mol. The minimum Gasteiger partial charge on any atom is -0.494 e. The Morgan fingerprint density at radius 3 is 2.39 bits per heavy atom. The number of aryl methyl sites for hydroxylation is 1. The molecule has 0 saturated carbocycles. The van der Waals surface area contributed by atoms with Gasteiger partial charge in [0.2, 0.25) is 16.0 Å². The van der Waals surface area contributed by atoms with E-state index in [1.165, 1.54) is 15.6 Å². The summed E-state index contributed by atoms with van der Waals surface area (Å²) in [6.45, 7) is 20.1. The van der Waals surface area contributed by atoms with Crippen LogP contribution in [0.25, 0.3) is 6.08 Å². The van der Waals surface area contributed by atoms with Crippen LogP contribution in [0.5, 0.6) is 5.75 Å². The number of likely N-dealkylation sites (N-methyl/N-ethyl adjacent to an activating group) is 1. The van der Waals surface area contributed by atoms with Crippen molar-refractivity contribution in [3.63, 3.8) is 0 Å². The minimum absolute atomic E-state index is 0.176. The van der Waals surface area contributed by atoms with Gasteiger partial charge in [0.1, 0.15) is 22.9 Å². The molecule has 13 nitrogen and oxygen atoms in total. The third-order valence-electron chi connectivity index (χ3n) is 9.67. The van der Waals surface area contributed by atoms with Gasteiger partial charge in [0.05, 0.1) is 30.4 Å². The highest BCUT2D eigenvalue weighted by atomic mass is 32.2. The first-order chi connectivity index (χ1) is 24.5. The summed E-state index contributed by atoms with van der Waals surface area (Å²) in [4.78, 5) is 25.6. The molecule has 0 atom stereocenters. The van der Waals surface area contributed by atoms with Crippen molar-refractivity contribution in [1.29, 1.82) is 0 Å². The molecule has 1 aromatic heterocycles. The quantitative estimate of drug-likeness (QED) is 0.185. The Balaban J connectivity index is 1.44. The van der Waals surface area contributed by atoms with Crippen molar-refractivity contribution in [1.82, 2.24) is 19.8 Å². The zero-order valence-corrected chi connectivity index (χ0v) is 31.6. The molecule has 0 bridgehead atoms. The maximum Gasteiger partial charge on any atom is 0.232 e. The number of benzene rings is 2. The molecule has 5 rings (SSSR count). The topological polar surface area (TPSA) is 131 Å². The van der Waals surface area contributed by atoms with Crippen LogP contribution in [-0.2, 0) is 16.4 Å². The van der Waals surface area contributed by atoms with E-state index in [0.29, 0.717) is 51.9 Å². The predicted molar refractivity (Wildman–Crippen MR) is 213 cm³/mol. The Morgan fingerprint density at radius 2 is 1.80 bits per heavy atom. The van der Waals surface area contributed by atoms with Gasteiger partial charge in [-0.3, -0.25) is 19.2 Å². The molecule has 2 aliphatic rings. The minimum atomic E-state index is -3.68. The first-order valence-electron chi connectivity index (χ1n) is 17.6. The number of anilines is 6. The van der Waals surface area contributed by atoms with Crippen molar-refractivity contribution in [2.45, 2.75) is 46.1 Å². The number of hydrogen-bond donors (Lipinski definition) is 2. The van der Waals surface area contributed by atoms with Crippen LogP contribution in [0.15, 0.2) is 47.0 Å². The number of nitrogens with zero attached hydrogens (tertiary/aromatic N) is 8. The lowest BCUT2D eigenvalue weighted by Gasteiger charge is -2.43. The molecule has 0 unspecified atom stereocenters. The van der Waals surface area contributed by atoms with Gasteiger partial charge in [0.25, 0.3) is 0 Å². The summed E-state index contributed by atoms with van der Waals surface area (Å²) in [6.07, 6.45) is 9.21. The summed E-state index contributed by atoms with van der Waals surface area (Å²) in [5.74, 6) is 1.45. The summed E-state index contributed by atoms with van der Waals surface area (Å²) < 4.78 is 33.1. The molecule has 3 aromatic rings. The molecule has 51 heavy (non-hydrogen) atoms. The molecule has 14 heteroatoms. The zero-order chi connectivity index (χ0) is 36.7. The summed E-state index contributed by atoms with van der Waals surface area (Å²) in [5.41, 5.74) is 5.41. The van der Waals surface area contributed by atoms with Crippen molar-refractivity contribution in [3.05, 3.63) is 48.2 Å². The number of piperazine rings is 1. The lowest BCUT2D eigenvalue weighted by atomic mass is 9.99. The standard InChI is InChI=1S/C37H52N10O3S/c1-9-26-23-31(33(50-7)24-32(26)46-17-15-28(16-18-46)45-21-19-44(6)20-22-45)42-37-40-25-27(10-2)36(43-37)41-30-14-13-29(38-5)34(39-11-3)35(30)47(12-4)51(8,48)49/h10-11,13-14,23-25,28H,2,5,9,12,15-22H2,1,3-4,6-8H3,(H2,40,41,42,43)/b39-11+. The number of methoxy groups -OCH3 is 1. The van der Waals surface area contributed by atoms with Crippen LogP contribution < -0.4 is 24.6 Å². The van der Waals surface area contributed by atoms with E-state index in [1.54, 1.807) is 51.6 Å². The molecule has 2 N–H and O–H groups in total. The lowest BCUT2D eigenvalue weighted by Crippen LogP contribution is -2.52. The third kappa shape index (κ3) is 8.51. The normalized spacial score (nSPS) is 16.3. The van der Waals surface area contributed by atoms with E-state index in [-0.39, 0.29) is 6.54 Å². The monoisotopic (exact) mass is 716 g/mol. The summed E-state index contributed by atoms with van der Waals surface area (Å²) in [5, 5.41) is 6.72. The van der Waals surface area contributed by atoms with Gasteiger partial charge in [-0.2, -0.15) is 4.98 Å². The van der Waals surface area contributed by atoms with E-state index in [2.05, 4.69) is 79.7 Å². The maximum absolute atomic E-state index is 13.0. The maximum atomic E-state index is 13.0. The van der Waals surface area contributed by atoms with Gasteiger partial charge in [-0.05, 0) is 70.6 Å². The molecular formula is C37H52N10O3S. The number of aliphatic imine (C=N–C) groups is 2. The number of rotatable bonds is 14. The average Bonchev–Trinajstić information content (AvgIpc) is 3.13. The Labute approximate surface area is 303 Å². The van der Waals surface area contributed by atoms with Crippen LogP contribution in [-0.4, -0.2) is 113 Å².